The van der Waals surface area contributed by atoms with E-state index in [1.54, 1.807) is 0 Å². The maximum absolute atomic E-state index is 11.7. The van der Waals surface area contributed by atoms with Gasteiger partial charge in [-0.3, -0.25) is 0 Å². The Bertz CT molecular complexity index is 651. The van der Waals surface area contributed by atoms with Gasteiger partial charge < -0.3 is 35.4 Å². The largest absolute Gasteiger partial charge is 0.508 e. The summed E-state index contributed by atoms with van der Waals surface area (Å²) < 4.78 is 4.57. The number of aliphatic carboxylic acids is 2. The SMILES string of the molecule is O=C(/C=C\c1ccc(O)cc1)O[C@@H]([C@H](O)[C@H](O)C(=O)O)[C@@H](O)C(=O)O. The van der Waals surface area contributed by atoms with Crippen LogP contribution >= 0.6 is 0 Å². The first kappa shape index (κ1) is 20.1. The van der Waals surface area contributed by atoms with E-state index < -0.39 is 42.3 Å². The van der Waals surface area contributed by atoms with Gasteiger partial charge in [-0.15, -0.1) is 0 Å². The minimum Gasteiger partial charge on any atom is -0.508 e. The van der Waals surface area contributed by atoms with E-state index in [1.807, 2.05) is 0 Å². The van der Waals surface area contributed by atoms with E-state index in [1.165, 1.54) is 30.3 Å². The third kappa shape index (κ3) is 5.88. The Kier molecular flexibility index (Phi) is 7.06. The average Bonchev–Trinajstić information content (AvgIpc) is 2.57. The summed E-state index contributed by atoms with van der Waals surface area (Å²) in [5, 5.41) is 54.9. The molecule has 0 aliphatic heterocycles. The van der Waals surface area contributed by atoms with E-state index in [9.17, 15) is 29.7 Å². The van der Waals surface area contributed by atoms with Crippen LogP contribution in [0.15, 0.2) is 30.3 Å². The number of esters is 1. The molecule has 25 heavy (non-hydrogen) atoms. The second kappa shape index (κ2) is 8.78. The highest BCUT2D eigenvalue weighted by Crippen LogP contribution is 2.13. The Labute approximate surface area is 140 Å². The molecular formula is C15H16O10. The first-order valence-electron chi connectivity index (χ1n) is 6.81. The van der Waals surface area contributed by atoms with Crippen molar-refractivity contribution >= 4 is 24.0 Å². The molecule has 0 amide bonds. The molecule has 0 aromatic heterocycles. The van der Waals surface area contributed by atoms with Crippen LogP contribution in [0.1, 0.15) is 5.56 Å². The summed E-state index contributed by atoms with van der Waals surface area (Å²) >= 11 is 0. The van der Waals surface area contributed by atoms with E-state index in [-0.39, 0.29) is 5.75 Å². The van der Waals surface area contributed by atoms with Gasteiger partial charge in [0.25, 0.3) is 0 Å². The molecule has 6 N–H and O–H groups in total. The van der Waals surface area contributed by atoms with Crippen LogP contribution in [0.2, 0.25) is 0 Å². The number of rotatable bonds is 8. The highest BCUT2D eigenvalue weighted by atomic mass is 16.6. The van der Waals surface area contributed by atoms with Gasteiger partial charge in [0, 0.05) is 6.08 Å². The number of phenols is 1. The molecule has 0 heterocycles. The van der Waals surface area contributed by atoms with Crippen molar-refractivity contribution in [2.45, 2.75) is 24.4 Å². The van der Waals surface area contributed by atoms with E-state index >= 15 is 0 Å². The lowest BCUT2D eigenvalue weighted by atomic mass is 10.0. The number of carboxylic acids is 2. The molecule has 0 fully saturated rings. The van der Waals surface area contributed by atoms with Crippen molar-refractivity contribution in [3.05, 3.63) is 35.9 Å². The maximum atomic E-state index is 11.7. The number of carboxylic acid groups (broad SMARTS) is 2. The first-order valence-corrected chi connectivity index (χ1v) is 6.81. The number of phenolic OH excluding ortho intramolecular Hbond substituents is 1. The van der Waals surface area contributed by atoms with Gasteiger partial charge in [0.05, 0.1) is 0 Å². The fourth-order valence-corrected chi connectivity index (χ4v) is 1.71. The van der Waals surface area contributed by atoms with Gasteiger partial charge in [0.1, 0.15) is 11.9 Å². The van der Waals surface area contributed by atoms with Crippen LogP contribution < -0.4 is 0 Å². The number of carbonyl (C=O) groups excluding carboxylic acids is 1. The lowest BCUT2D eigenvalue weighted by Gasteiger charge is -2.26. The lowest BCUT2D eigenvalue weighted by molar-refractivity contribution is -0.184. The third-order valence-electron chi connectivity index (χ3n) is 3.03. The average molecular weight is 356 g/mol. The summed E-state index contributed by atoms with van der Waals surface area (Å²) in [4.78, 5) is 33.2. The summed E-state index contributed by atoms with van der Waals surface area (Å²) in [6.07, 6.45) is -7.49. The zero-order valence-electron chi connectivity index (χ0n) is 12.6. The fraction of sp³-hybridized carbons (Fsp3) is 0.267. The highest BCUT2D eigenvalue weighted by Gasteiger charge is 2.41. The molecule has 0 saturated carbocycles. The van der Waals surface area contributed by atoms with Gasteiger partial charge >= 0.3 is 17.9 Å². The van der Waals surface area contributed by atoms with Crippen molar-refractivity contribution in [3.63, 3.8) is 0 Å². The molecule has 1 aromatic rings. The molecule has 0 radical (unpaired) electrons. The minimum atomic E-state index is -2.48. The van der Waals surface area contributed by atoms with E-state index in [4.69, 9.17) is 15.3 Å². The van der Waals surface area contributed by atoms with Gasteiger partial charge in [0.2, 0.25) is 0 Å². The molecule has 0 saturated heterocycles. The molecule has 1 aromatic carbocycles. The molecule has 0 aliphatic carbocycles. The lowest BCUT2D eigenvalue weighted by Crippen LogP contribution is -2.52. The summed E-state index contributed by atoms with van der Waals surface area (Å²) in [6, 6.07) is 5.58. The van der Waals surface area contributed by atoms with Crippen LogP contribution in [-0.2, 0) is 19.1 Å². The second-order valence-electron chi connectivity index (χ2n) is 4.88. The first-order chi connectivity index (χ1) is 11.6. The molecule has 4 atom stereocenters. The quantitative estimate of drug-likeness (QED) is 0.238. The van der Waals surface area contributed by atoms with Gasteiger partial charge in [0.15, 0.2) is 18.3 Å². The summed E-state index contributed by atoms with van der Waals surface area (Å²) in [7, 11) is 0. The number of aliphatic hydroxyl groups is 3. The maximum Gasteiger partial charge on any atom is 0.336 e. The zero-order valence-corrected chi connectivity index (χ0v) is 12.6. The molecule has 0 unspecified atom stereocenters. The van der Waals surface area contributed by atoms with Crippen LogP contribution in [0, 0.1) is 0 Å². The zero-order chi connectivity index (χ0) is 19.1. The molecule has 0 bridgehead atoms. The molecule has 1 rings (SSSR count). The van der Waals surface area contributed by atoms with Crippen molar-refractivity contribution in [2.75, 3.05) is 0 Å². The Hall–Kier alpha value is -2.95. The summed E-state index contributed by atoms with van der Waals surface area (Å²) in [5.74, 6) is -4.99. The third-order valence-corrected chi connectivity index (χ3v) is 3.03. The van der Waals surface area contributed by atoms with Crippen LogP contribution in [0.25, 0.3) is 6.08 Å². The predicted octanol–water partition coefficient (Wildman–Crippen LogP) is -1.43. The minimum absolute atomic E-state index is 0.00449. The molecule has 0 spiro atoms. The number of hydrogen-bond acceptors (Lipinski definition) is 8. The number of ether oxygens (including phenoxy) is 1. The smallest absolute Gasteiger partial charge is 0.336 e. The number of carbonyl (C=O) groups is 3. The molecule has 10 nitrogen and oxygen atoms in total. The molecular weight excluding hydrogens is 340 g/mol. The van der Waals surface area contributed by atoms with Crippen molar-refractivity contribution in [1.82, 2.24) is 0 Å². The van der Waals surface area contributed by atoms with E-state index in [0.29, 0.717) is 5.56 Å². The summed E-state index contributed by atoms with van der Waals surface area (Å²) in [6.45, 7) is 0. The highest BCUT2D eigenvalue weighted by molar-refractivity contribution is 5.87. The van der Waals surface area contributed by atoms with Gasteiger partial charge in [-0.05, 0) is 23.8 Å². The van der Waals surface area contributed by atoms with Crippen molar-refractivity contribution in [1.29, 1.82) is 0 Å². The Balaban J connectivity index is 2.89. The molecule has 10 heteroatoms. The monoisotopic (exact) mass is 356 g/mol. The van der Waals surface area contributed by atoms with Crippen molar-refractivity contribution in [3.8, 4) is 5.75 Å². The summed E-state index contributed by atoms with van der Waals surface area (Å²) in [5.41, 5.74) is 0.469. The van der Waals surface area contributed by atoms with E-state index in [2.05, 4.69) is 4.74 Å². The number of aromatic hydroxyl groups is 1. The standard InChI is InChI=1S/C15H16O10/c16-8-4-1-7(2-5-8)3-6-9(17)25-13(12(20)15(23)24)10(18)11(19)14(21)22/h1-6,10-13,16,18-20H,(H,21,22)(H,23,24)/b6-3-/t10-,11+,12-,13+/m1/s1. The Morgan fingerprint density at radius 3 is 1.92 bits per heavy atom. The van der Waals surface area contributed by atoms with Crippen LogP contribution in [0.4, 0.5) is 0 Å². The normalized spacial score (nSPS) is 16.0. The van der Waals surface area contributed by atoms with Crippen LogP contribution in [0.3, 0.4) is 0 Å². The topological polar surface area (TPSA) is 182 Å². The van der Waals surface area contributed by atoms with Crippen LogP contribution in [0.5, 0.6) is 5.75 Å². The molecule has 0 aliphatic rings. The second-order valence-corrected chi connectivity index (χ2v) is 4.88. The van der Waals surface area contributed by atoms with Crippen molar-refractivity contribution in [2.24, 2.45) is 0 Å². The fourth-order valence-electron chi connectivity index (χ4n) is 1.71. The van der Waals surface area contributed by atoms with Gasteiger partial charge in [-0.2, -0.15) is 0 Å². The van der Waals surface area contributed by atoms with Crippen molar-refractivity contribution < 1.29 is 49.8 Å². The Morgan fingerprint density at radius 2 is 1.44 bits per heavy atom. The van der Waals surface area contributed by atoms with Gasteiger partial charge in [-0.25, -0.2) is 14.4 Å². The number of hydrogen-bond donors (Lipinski definition) is 6. The number of aliphatic hydroxyl groups excluding tert-OH is 3. The van der Waals surface area contributed by atoms with Crippen LogP contribution in [-0.4, -0.2) is 73.0 Å². The predicted molar refractivity (Wildman–Crippen MR) is 80.3 cm³/mol. The van der Waals surface area contributed by atoms with Gasteiger partial charge in [-0.1, -0.05) is 12.1 Å². The number of benzene rings is 1. The molecule has 136 valence electrons. The Morgan fingerprint density at radius 1 is 0.920 bits per heavy atom. The van der Waals surface area contributed by atoms with E-state index in [0.717, 1.165) is 6.08 Å².